The van der Waals surface area contributed by atoms with E-state index in [9.17, 15) is 33.0 Å². The zero-order valence-electron chi connectivity index (χ0n) is 17.8. The maximum Gasteiger partial charge on any atom is 0.416 e. The molecule has 0 aliphatic carbocycles. The molecule has 2 amide bonds. The number of unbranched alkanes of at least 4 members (excludes halogenated alkanes) is 2. The fraction of sp³-hybridized carbons (Fsp3) is 0.261. The van der Waals surface area contributed by atoms with Crippen LogP contribution in [0.2, 0.25) is 0 Å². The Bertz CT molecular complexity index is 1140. The lowest BCUT2D eigenvalue weighted by molar-refractivity contribution is -0.137. The first-order chi connectivity index (χ1) is 16.0. The molecule has 1 fully saturated rings. The summed E-state index contributed by atoms with van der Waals surface area (Å²) >= 11 is 6.39. The van der Waals surface area contributed by atoms with Crippen molar-refractivity contribution in [2.75, 3.05) is 11.9 Å². The predicted molar refractivity (Wildman–Crippen MR) is 128 cm³/mol. The Morgan fingerprint density at radius 2 is 1.88 bits per heavy atom. The third-order valence-electron chi connectivity index (χ3n) is 4.93. The highest BCUT2D eigenvalue weighted by Crippen LogP contribution is 2.35. The number of nitrogens with one attached hydrogen (secondary N) is 1. The van der Waals surface area contributed by atoms with E-state index in [4.69, 9.17) is 12.2 Å². The molecule has 3 rings (SSSR count). The molecule has 2 aromatic carbocycles. The Morgan fingerprint density at radius 1 is 1.12 bits per heavy atom. The van der Waals surface area contributed by atoms with Gasteiger partial charge in [-0.1, -0.05) is 36.5 Å². The summed E-state index contributed by atoms with van der Waals surface area (Å²) in [4.78, 5) is 26.5. The van der Waals surface area contributed by atoms with Crippen LogP contribution in [0.3, 0.4) is 0 Å². The topological polar surface area (TPSA) is 89.9 Å². The van der Waals surface area contributed by atoms with Crippen LogP contribution in [-0.4, -0.2) is 37.8 Å². The van der Waals surface area contributed by atoms with E-state index in [0.29, 0.717) is 40.6 Å². The highest BCUT2D eigenvalue weighted by molar-refractivity contribution is 8.26. The van der Waals surface area contributed by atoms with Crippen molar-refractivity contribution in [2.45, 2.75) is 31.9 Å². The molecule has 0 unspecified atom stereocenters. The summed E-state index contributed by atoms with van der Waals surface area (Å²) in [6.07, 6.45) is -1.14. The fourth-order valence-corrected chi connectivity index (χ4v) is 4.52. The van der Waals surface area contributed by atoms with Crippen LogP contribution in [0.1, 0.15) is 36.8 Å². The molecule has 3 N–H and O–H groups in total. The lowest BCUT2D eigenvalue weighted by Crippen LogP contribution is -2.29. The Morgan fingerprint density at radius 3 is 2.59 bits per heavy atom. The Hall–Kier alpha value is -3.05. The van der Waals surface area contributed by atoms with Crippen LogP contribution in [0.4, 0.5) is 18.9 Å². The van der Waals surface area contributed by atoms with Crippen molar-refractivity contribution >= 4 is 51.9 Å². The molecule has 0 atom stereocenters. The average Bonchev–Trinajstić information content (AvgIpc) is 3.02. The minimum absolute atomic E-state index is 0.0869. The minimum atomic E-state index is -4.48. The number of nitrogens with zero attached hydrogens (tertiary/aromatic N) is 1. The minimum Gasteiger partial charge on any atom is -0.508 e. The van der Waals surface area contributed by atoms with Gasteiger partial charge < -0.3 is 15.5 Å². The monoisotopic (exact) mass is 510 g/mol. The lowest BCUT2D eigenvalue weighted by Gasteiger charge is -2.14. The maximum absolute atomic E-state index is 12.8. The number of carbonyl (C=O) groups is 2. The summed E-state index contributed by atoms with van der Waals surface area (Å²) in [6.45, 7) is 0.360. The van der Waals surface area contributed by atoms with Crippen molar-refractivity contribution in [3.63, 3.8) is 0 Å². The number of thiocarbonyl (C=S) groups is 1. The van der Waals surface area contributed by atoms with E-state index in [-0.39, 0.29) is 35.4 Å². The number of thioether (sulfide) groups is 1. The molecular weight excluding hydrogens is 489 g/mol. The van der Waals surface area contributed by atoms with Gasteiger partial charge >= 0.3 is 6.18 Å². The van der Waals surface area contributed by atoms with Gasteiger partial charge in [-0.05, 0) is 49.2 Å². The average molecular weight is 511 g/mol. The van der Waals surface area contributed by atoms with Gasteiger partial charge in [-0.3, -0.25) is 14.5 Å². The molecule has 1 saturated heterocycles. The molecule has 1 aliphatic rings. The third-order valence-corrected chi connectivity index (χ3v) is 6.31. The number of benzene rings is 2. The van der Waals surface area contributed by atoms with E-state index >= 15 is 0 Å². The van der Waals surface area contributed by atoms with Crippen molar-refractivity contribution in [3.05, 3.63) is 58.5 Å². The Balaban J connectivity index is 1.44. The quantitative estimate of drug-likeness (QED) is 0.246. The summed E-state index contributed by atoms with van der Waals surface area (Å²) in [6, 6.07) is 8.52. The van der Waals surface area contributed by atoms with Gasteiger partial charge in [0, 0.05) is 30.3 Å². The number of phenols is 2. The van der Waals surface area contributed by atoms with Gasteiger partial charge in [-0.2, -0.15) is 13.2 Å². The number of hydrogen-bond acceptors (Lipinski definition) is 6. The second-order valence-corrected chi connectivity index (χ2v) is 9.19. The maximum atomic E-state index is 12.8. The lowest BCUT2D eigenvalue weighted by atomic mass is 10.1. The first-order valence-electron chi connectivity index (χ1n) is 10.3. The van der Waals surface area contributed by atoms with Crippen molar-refractivity contribution in [2.24, 2.45) is 0 Å². The summed E-state index contributed by atoms with van der Waals surface area (Å²) in [7, 11) is 0. The summed E-state index contributed by atoms with van der Waals surface area (Å²) in [5, 5.41) is 21.7. The molecule has 2 aromatic rings. The SMILES string of the molecule is O=C(CCCCCN1C(=O)/C(=C/c2ccc(O)cc2O)SC1=S)Nc1cccc(C(F)(F)F)c1. The molecule has 1 aliphatic heterocycles. The summed E-state index contributed by atoms with van der Waals surface area (Å²) < 4.78 is 38.7. The van der Waals surface area contributed by atoms with E-state index in [1.54, 1.807) is 0 Å². The van der Waals surface area contributed by atoms with Crippen LogP contribution in [0, 0.1) is 0 Å². The molecule has 0 aromatic heterocycles. The molecule has 11 heteroatoms. The number of amides is 2. The Labute approximate surface area is 203 Å². The van der Waals surface area contributed by atoms with Crippen LogP contribution in [-0.2, 0) is 15.8 Å². The largest absolute Gasteiger partial charge is 0.508 e. The number of alkyl halides is 3. The molecule has 0 spiro atoms. The highest BCUT2D eigenvalue weighted by Gasteiger charge is 2.32. The second kappa shape index (κ2) is 10.9. The number of aromatic hydroxyl groups is 2. The van der Waals surface area contributed by atoms with Crippen LogP contribution >= 0.6 is 24.0 Å². The number of hydrogen-bond donors (Lipinski definition) is 3. The van der Waals surface area contributed by atoms with Gasteiger partial charge in [-0.15, -0.1) is 0 Å². The molecular formula is C23H21F3N2O4S2. The normalized spacial score (nSPS) is 15.3. The summed E-state index contributed by atoms with van der Waals surface area (Å²) in [5.41, 5.74) is -0.364. The number of anilines is 1. The van der Waals surface area contributed by atoms with Gasteiger partial charge in [0.05, 0.1) is 10.5 Å². The molecule has 0 radical (unpaired) electrons. The zero-order chi connectivity index (χ0) is 24.9. The van der Waals surface area contributed by atoms with Gasteiger partial charge in [0.25, 0.3) is 5.91 Å². The molecule has 34 heavy (non-hydrogen) atoms. The molecule has 0 bridgehead atoms. The number of rotatable bonds is 8. The predicted octanol–water partition coefficient (Wildman–Crippen LogP) is 5.52. The van der Waals surface area contributed by atoms with Gasteiger partial charge in [0.15, 0.2) is 0 Å². The Kier molecular flexibility index (Phi) is 8.21. The first-order valence-corrected chi connectivity index (χ1v) is 11.5. The molecule has 6 nitrogen and oxygen atoms in total. The van der Waals surface area contributed by atoms with Crippen molar-refractivity contribution in [1.82, 2.24) is 4.90 Å². The number of halogens is 3. The smallest absolute Gasteiger partial charge is 0.416 e. The van der Waals surface area contributed by atoms with Crippen molar-refractivity contribution in [3.8, 4) is 11.5 Å². The molecule has 0 saturated carbocycles. The standard InChI is InChI=1S/C23H21F3N2O4S2/c24-23(25,26)15-5-4-6-16(12-15)27-20(31)7-2-1-3-10-28-21(32)19(34-22(28)33)11-14-8-9-17(29)13-18(14)30/h4-6,8-9,11-13,29-30H,1-3,7,10H2,(H,27,31)/b19-11-. The number of carbonyl (C=O) groups excluding carboxylic acids is 2. The van der Waals surface area contributed by atoms with Crippen LogP contribution in [0.5, 0.6) is 11.5 Å². The van der Waals surface area contributed by atoms with Gasteiger partial charge in [0.1, 0.15) is 15.8 Å². The summed E-state index contributed by atoms with van der Waals surface area (Å²) in [5.74, 6) is -0.925. The van der Waals surface area contributed by atoms with Gasteiger partial charge in [-0.25, -0.2) is 0 Å². The van der Waals surface area contributed by atoms with E-state index in [2.05, 4.69) is 5.32 Å². The van der Waals surface area contributed by atoms with Gasteiger partial charge in [0.2, 0.25) is 5.91 Å². The van der Waals surface area contributed by atoms with Crippen LogP contribution in [0.25, 0.3) is 6.08 Å². The van der Waals surface area contributed by atoms with E-state index in [1.165, 1.54) is 41.3 Å². The van der Waals surface area contributed by atoms with Crippen LogP contribution in [0.15, 0.2) is 47.4 Å². The molecule has 180 valence electrons. The first kappa shape index (κ1) is 25.6. The number of phenolic OH excluding ortho intramolecular Hbond substituents is 2. The zero-order valence-corrected chi connectivity index (χ0v) is 19.4. The van der Waals surface area contributed by atoms with Crippen molar-refractivity contribution < 1.29 is 33.0 Å². The second-order valence-electron chi connectivity index (χ2n) is 7.51. The molecule has 1 heterocycles. The van der Waals surface area contributed by atoms with Crippen molar-refractivity contribution in [1.29, 1.82) is 0 Å². The van der Waals surface area contributed by atoms with E-state index in [0.717, 1.165) is 23.9 Å². The third kappa shape index (κ3) is 6.73. The highest BCUT2D eigenvalue weighted by atomic mass is 32.2. The van der Waals surface area contributed by atoms with E-state index in [1.807, 2.05) is 0 Å². The fourth-order valence-electron chi connectivity index (χ4n) is 3.22. The van der Waals surface area contributed by atoms with Crippen LogP contribution < -0.4 is 5.32 Å². The van der Waals surface area contributed by atoms with E-state index < -0.39 is 11.7 Å².